The Labute approximate surface area is 232 Å². The molecule has 0 aromatic heterocycles. The van der Waals surface area contributed by atoms with Crippen molar-refractivity contribution < 1.29 is 0 Å². The number of unbranched alkanes of at least 4 members (excludes halogenated alkanes) is 1. The summed E-state index contributed by atoms with van der Waals surface area (Å²) in [5.74, 6) is 0.537. The molecule has 0 saturated carbocycles. The van der Waals surface area contributed by atoms with Crippen LogP contribution in [0.2, 0.25) is 13.1 Å². The van der Waals surface area contributed by atoms with Crippen LogP contribution in [0.4, 0.5) is 0 Å². The SMILES string of the molecule is CCCCC1=CC([Si](C)(C)C2C(C(C)C)=Cc3c(-c4ccc(C(C)(C)C)cc4)cccc32)c2ccccc21. The monoisotopic (exact) mass is 518 g/mol. The summed E-state index contributed by atoms with van der Waals surface area (Å²) in [5.41, 5.74) is 14.7. The topological polar surface area (TPSA) is 0 Å². The van der Waals surface area contributed by atoms with Gasteiger partial charge in [-0.05, 0) is 74.2 Å². The minimum Gasteiger partial charge on any atom is -0.0759 e. The van der Waals surface area contributed by atoms with Crippen molar-refractivity contribution in [3.05, 3.63) is 106 Å². The van der Waals surface area contributed by atoms with Crippen LogP contribution in [0, 0.1) is 5.92 Å². The Hall–Kier alpha value is -2.64. The van der Waals surface area contributed by atoms with E-state index in [4.69, 9.17) is 0 Å². The molecule has 0 heterocycles. The second-order valence-corrected chi connectivity index (χ2v) is 18.4. The average molecular weight is 519 g/mol. The summed E-state index contributed by atoms with van der Waals surface area (Å²) >= 11 is 0. The van der Waals surface area contributed by atoms with Crippen LogP contribution in [0.5, 0.6) is 0 Å². The summed E-state index contributed by atoms with van der Waals surface area (Å²) in [5, 5.41) is 0. The van der Waals surface area contributed by atoms with Crippen molar-refractivity contribution in [1.29, 1.82) is 0 Å². The van der Waals surface area contributed by atoms with Gasteiger partial charge < -0.3 is 0 Å². The van der Waals surface area contributed by atoms with Crippen LogP contribution in [0.1, 0.15) is 99.7 Å². The first kappa shape index (κ1) is 26.9. The van der Waals surface area contributed by atoms with Gasteiger partial charge in [-0.15, -0.1) is 0 Å². The van der Waals surface area contributed by atoms with Gasteiger partial charge in [0.05, 0.1) is 8.07 Å². The Balaban J connectivity index is 1.60. The summed E-state index contributed by atoms with van der Waals surface area (Å²) in [7, 11) is -1.85. The maximum atomic E-state index is 2.69. The van der Waals surface area contributed by atoms with Gasteiger partial charge in [0.2, 0.25) is 0 Å². The smallest absolute Gasteiger partial charge is 0.0719 e. The van der Waals surface area contributed by atoms with Crippen molar-refractivity contribution in [2.75, 3.05) is 0 Å². The van der Waals surface area contributed by atoms with Gasteiger partial charge in [0.15, 0.2) is 0 Å². The Kier molecular flexibility index (Phi) is 7.20. The Morgan fingerprint density at radius 1 is 0.816 bits per heavy atom. The molecular formula is C37H46Si. The predicted molar refractivity (Wildman–Crippen MR) is 170 cm³/mol. The summed E-state index contributed by atoms with van der Waals surface area (Å²) in [6.07, 6.45) is 9.00. The van der Waals surface area contributed by atoms with Crippen LogP contribution in [0.15, 0.2) is 78.4 Å². The van der Waals surface area contributed by atoms with E-state index in [1.165, 1.54) is 47.1 Å². The Morgan fingerprint density at radius 2 is 1.47 bits per heavy atom. The number of benzene rings is 3. The van der Waals surface area contributed by atoms with E-state index >= 15 is 0 Å². The van der Waals surface area contributed by atoms with Crippen LogP contribution in [-0.2, 0) is 5.41 Å². The lowest BCUT2D eigenvalue weighted by Crippen LogP contribution is -2.42. The molecule has 0 aliphatic heterocycles. The van der Waals surface area contributed by atoms with Crippen molar-refractivity contribution in [3.63, 3.8) is 0 Å². The van der Waals surface area contributed by atoms with Gasteiger partial charge in [-0.3, -0.25) is 0 Å². The zero-order chi connectivity index (χ0) is 27.2. The fraction of sp³-hybridized carbons (Fsp3) is 0.405. The van der Waals surface area contributed by atoms with Crippen molar-refractivity contribution in [1.82, 2.24) is 0 Å². The van der Waals surface area contributed by atoms with Crippen LogP contribution >= 0.6 is 0 Å². The van der Waals surface area contributed by atoms with Crippen LogP contribution in [0.25, 0.3) is 22.8 Å². The second-order valence-electron chi connectivity index (χ2n) is 13.5. The fourth-order valence-electron chi connectivity index (χ4n) is 6.98. The third kappa shape index (κ3) is 4.68. The molecule has 2 unspecified atom stereocenters. The number of hydrogen-bond acceptors (Lipinski definition) is 0. The lowest BCUT2D eigenvalue weighted by Gasteiger charge is -2.39. The molecule has 3 aromatic rings. The highest BCUT2D eigenvalue weighted by molar-refractivity contribution is 6.81. The maximum Gasteiger partial charge on any atom is 0.0719 e. The van der Waals surface area contributed by atoms with Gasteiger partial charge in [-0.1, -0.05) is 146 Å². The van der Waals surface area contributed by atoms with E-state index in [0.717, 1.165) is 0 Å². The van der Waals surface area contributed by atoms with Gasteiger partial charge in [-0.25, -0.2) is 0 Å². The maximum absolute atomic E-state index is 2.69. The van der Waals surface area contributed by atoms with Crippen molar-refractivity contribution >= 4 is 19.7 Å². The van der Waals surface area contributed by atoms with Crippen molar-refractivity contribution in [2.45, 2.75) is 90.4 Å². The van der Waals surface area contributed by atoms with E-state index in [-0.39, 0.29) is 5.41 Å². The predicted octanol–water partition coefficient (Wildman–Crippen LogP) is 10.9. The van der Waals surface area contributed by atoms with Crippen molar-refractivity contribution in [3.8, 4) is 11.1 Å². The Bertz CT molecular complexity index is 1370. The third-order valence-electron chi connectivity index (χ3n) is 9.18. The van der Waals surface area contributed by atoms with Gasteiger partial charge >= 0.3 is 0 Å². The average Bonchev–Trinajstić information content (AvgIpc) is 3.47. The van der Waals surface area contributed by atoms with Gasteiger partial charge in [0.1, 0.15) is 0 Å². The van der Waals surface area contributed by atoms with E-state index in [0.29, 0.717) is 17.0 Å². The second kappa shape index (κ2) is 10.2. The summed E-state index contributed by atoms with van der Waals surface area (Å²) < 4.78 is 0. The molecule has 0 spiro atoms. The highest BCUT2D eigenvalue weighted by Crippen LogP contribution is 2.54. The van der Waals surface area contributed by atoms with Gasteiger partial charge in [0.25, 0.3) is 0 Å². The quantitative estimate of drug-likeness (QED) is 0.273. The molecule has 1 heteroatoms. The molecule has 0 nitrogen and oxygen atoms in total. The first-order valence-electron chi connectivity index (χ1n) is 14.8. The van der Waals surface area contributed by atoms with Crippen molar-refractivity contribution in [2.24, 2.45) is 5.92 Å². The van der Waals surface area contributed by atoms with Crippen LogP contribution in [0.3, 0.4) is 0 Å². The van der Waals surface area contributed by atoms with E-state index in [2.05, 4.69) is 134 Å². The molecular weight excluding hydrogens is 472 g/mol. The molecule has 0 N–H and O–H groups in total. The minimum absolute atomic E-state index is 0.170. The first-order valence-corrected chi connectivity index (χ1v) is 17.9. The molecule has 198 valence electrons. The van der Waals surface area contributed by atoms with E-state index < -0.39 is 8.07 Å². The summed E-state index contributed by atoms with van der Waals surface area (Å²) in [6.45, 7) is 19.3. The van der Waals surface area contributed by atoms with Crippen LogP contribution < -0.4 is 0 Å². The highest BCUT2D eigenvalue weighted by Gasteiger charge is 2.47. The molecule has 5 rings (SSSR count). The molecule has 2 aliphatic carbocycles. The molecule has 0 bridgehead atoms. The largest absolute Gasteiger partial charge is 0.0759 e. The number of allylic oxidation sites excluding steroid dienone is 3. The Morgan fingerprint density at radius 3 is 2.13 bits per heavy atom. The molecule has 2 atom stereocenters. The lowest BCUT2D eigenvalue weighted by molar-refractivity contribution is 0.590. The van der Waals surface area contributed by atoms with Crippen LogP contribution in [-0.4, -0.2) is 8.07 Å². The molecule has 0 radical (unpaired) electrons. The standard InChI is InChI=1S/C37H46Si/c1-9-10-14-27-23-35(31-16-12-11-15-30(27)31)38(7,8)36-32-18-13-17-29(34(32)24-33(36)25(2)3)26-19-21-28(22-20-26)37(4,5)6/h11-13,15-25,35-36H,9-10,14H2,1-8H3. The highest BCUT2D eigenvalue weighted by atomic mass is 28.3. The molecule has 0 saturated heterocycles. The lowest BCUT2D eigenvalue weighted by atomic mass is 9.86. The van der Waals surface area contributed by atoms with E-state index in [1.54, 1.807) is 22.3 Å². The first-order chi connectivity index (χ1) is 18.0. The van der Waals surface area contributed by atoms with E-state index in [9.17, 15) is 0 Å². The summed E-state index contributed by atoms with van der Waals surface area (Å²) in [4.78, 5) is 0. The zero-order valence-corrected chi connectivity index (χ0v) is 25.9. The molecule has 38 heavy (non-hydrogen) atoms. The fourth-order valence-corrected chi connectivity index (χ4v) is 11.4. The number of rotatable bonds is 7. The molecule has 0 amide bonds. The van der Waals surface area contributed by atoms with Gasteiger partial charge in [0, 0.05) is 5.54 Å². The zero-order valence-electron chi connectivity index (χ0n) is 24.9. The normalized spacial score (nSPS) is 18.9. The molecule has 2 aliphatic rings. The number of fused-ring (bicyclic) bond motifs is 2. The molecule has 0 fully saturated rings. The third-order valence-corrected chi connectivity index (χ3v) is 13.4. The van der Waals surface area contributed by atoms with E-state index in [1.807, 2.05) is 0 Å². The molecule has 3 aromatic carbocycles. The number of hydrogen-bond donors (Lipinski definition) is 0. The summed E-state index contributed by atoms with van der Waals surface area (Å²) in [6, 6.07) is 25.7. The van der Waals surface area contributed by atoms with Gasteiger partial charge in [-0.2, -0.15) is 0 Å². The minimum atomic E-state index is -1.85.